The van der Waals surface area contributed by atoms with Crippen LogP contribution in [0.5, 0.6) is 0 Å². The van der Waals surface area contributed by atoms with Crippen LogP contribution in [0.3, 0.4) is 0 Å². The van der Waals surface area contributed by atoms with Crippen molar-refractivity contribution in [2.75, 3.05) is 0 Å². The molecule has 0 aliphatic heterocycles. The Morgan fingerprint density at radius 2 is 2.04 bits per heavy atom. The second kappa shape index (κ2) is 5.58. The average molecular weight is 370 g/mol. The highest BCUT2D eigenvalue weighted by atomic mass is 79.9. The molecule has 7 heteroatoms. The van der Waals surface area contributed by atoms with Gasteiger partial charge in [0, 0.05) is 17.1 Å². The van der Waals surface area contributed by atoms with Gasteiger partial charge in [0.05, 0.1) is 11.9 Å². The predicted octanol–water partition coefficient (Wildman–Crippen LogP) is 3.37. The van der Waals surface area contributed by atoms with Crippen LogP contribution in [-0.4, -0.2) is 25.1 Å². The van der Waals surface area contributed by atoms with Crippen molar-refractivity contribution < 1.29 is 4.52 Å². The van der Waals surface area contributed by atoms with Crippen molar-refractivity contribution in [3.63, 3.8) is 0 Å². The first kappa shape index (κ1) is 14.1. The third-order valence-electron chi connectivity index (χ3n) is 3.64. The molecule has 0 fully saturated rings. The highest BCUT2D eigenvalue weighted by Gasteiger charge is 2.12. The van der Waals surface area contributed by atoms with Gasteiger partial charge >= 0.3 is 0 Å². The van der Waals surface area contributed by atoms with Crippen molar-refractivity contribution in [2.45, 2.75) is 6.42 Å². The van der Waals surface area contributed by atoms with Crippen molar-refractivity contribution in [2.24, 2.45) is 7.05 Å². The van der Waals surface area contributed by atoms with Crippen LogP contribution in [0.15, 0.2) is 51.5 Å². The molecular weight excluding hydrogens is 358 g/mol. The molecule has 0 spiro atoms. The maximum absolute atomic E-state index is 5.38. The Balaban J connectivity index is 1.66. The van der Waals surface area contributed by atoms with E-state index in [1.54, 1.807) is 4.68 Å². The van der Waals surface area contributed by atoms with Gasteiger partial charge in [0.25, 0.3) is 0 Å². The van der Waals surface area contributed by atoms with Crippen LogP contribution in [0.4, 0.5) is 0 Å². The molecule has 114 valence electrons. The molecule has 0 N–H and O–H groups in total. The van der Waals surface area contributed by atoms with E-state index in [0.29, 0.717) is 18.1 Å². The van der Waals surface area contributed by atoms with E-state index in [9.17, 15) is 0 Å². The van der Waals surface area contributed by atoms with Gasteiger partial charge in [-0.2, -0.15) is 4.98 Å². The first-order chi connectivity index (χ1) is 11.2. The van der Waals surface area contributed by atoms with Gasteiger partial charge in [0.15, 0.2) is 0 Å². The fraction of sp³-hybridized carbons (Fsp3) is 0.125. The van der Waals surface area contributed by atoms with E-state index in [1.165, 1.54) is 0 Å². The fourth-order valence-corrected chi connectivity index (χ4v) is 2.84. The average Bonchev–Trinajstić information content (AvgIpc) is 3.17. The minimum atomic E-state index is 0.565. The molecule has 2 aromatic heterocycles. The maximum Gasteiger partial charge on any atom is 0.231 e. The van der Waals surface area contributed by atoms with Crippen LogP contribution in [0, 0.1) is 0 Å². The number of rotatable bonds is 3. The molecular formula is C16H12BrN5O. The second-order valence-electron chi connectivity index (χ2n) is 5.20. The summed E-state index contributed by atoms with van der Waals surface area (Å²) in [5.41, 5.74) is 3.76. The third-order valence-corrected chi connectivity index (χ3v) is 4.41. The minimum absolute atomic E-state index is 0.565. The van der Waals surface area contributed by atoms with Gasteiger partial charge in [-0.05, 0) is 29.8 Å². The van der Waals surface area contributed by atoms with Crippen LogP contribution in [0.2, 0.25) is 0 Å². The van der Waals surface area contributed by atoms with E-state index in [2.05, 4.69) is 36.4 Å². The Kier molecular flexibility index (Phi) is 3.42. The Hall–Kier alpha value is -2.54. The molecule has 2 heterocycles. The van der Waals surface area contributed by atoms with Gasteiger partial charge in [-0.15, -0.1) is 5.10 Å². The van der Waals surface area contributed by atoms with Gasteiger partial charge < -0.3 is 4.52 Å². The number of aryl methyl sites for hydroxylation is 1. The molecule has 6 nitrogen and oxygen atoms in total. The molecule has 0 aliphatic carbocycles. The minimum Gasteiger partial charge on any atom is -0.339 e. The number of hydrogen-bond acceptors (Lipinski definition) is 5. The lowest BCUT2D eigenvalue weighted by molar-refractivity contribution is 0.385. The second-order valence-corrected chi connectivity index (χ2v) is 6.05. The quantitative estimate of drug-likeness (QED) is 0.553. The lowest BCUT2D eigenvalue weighted by atomic mass is 10.1. The molecule has 0 saturated carbocycles. The summed E-state index contributed by atoms with van der Waals surface area (Å²) in [6.45, 7) is 0. The smallest absolute Gasteiger partial charge is 0.231 e. The van der Waals surface area contributed by atoms with Crippen LogP contribution in [0.25, 0.3) is 22.4 Å². The molecule has 4 rings (SSSR count). The molecule has 0 atom stereocenters. The van der Waals surface area contributed by atoms with Crippen LogP contribution in [0.1, 0.15) is 11.5 Å². The highest BCUT2D eigenvalue weighted by Crippen LogP contribution is 2.23. The Morgan fingerprint density at radius 1 is 1.17 bits per heavy atom. The predicted molar refractivity (Wildman–Crippen MR) is 88.7 cm³/mol. The van der Waals surface area contributed by atoms with E-state index in [-0.39, 0.29) is 0 Å². The molecule has 0 radical (unpaired) electrons. The number of benzene rings is 2. The van der Waals surface area contributed by atoms with E-state index < -0.39 is 0 Å². The van der Waals surface area contributed by atoms with Gasteiger partial charge in [0.2, 0.25) is 11.7 Å². The molecule has 0 bridgehead atoms. The summed E-state index contributed by atoms with van der Waals surface area (Å²) in [4.78, 5) is 4.49. The molecule has 0 amide bonds. The summed E-state index contributed by atoms with van der Waals surface area (Å²) < 4.78 is 8.13. The largest absolute Gasteiger partial charge is 0.339 e. The molecule has 2 aromatic carbocycles. The third kappa shape index (κ3) is 2.63. The number of halogens is 1. The van der Waals surface area contributed by atoms with Crippen molar-refractivity contribution in [1.29, 1.82) is 0 Å². The zero-order valence-electron chi connectivity index (χ0n) is 12.3. The normalized spacial score (nSPS) is 11.2. The van der Waals surface area contributed by atoms with E-state index in [0.717, 1.165) is 26.6 Å². The summed E-state index contributed by atoms with van der Waals surface area (Å²) >= 11 is 3.53. The van der Waals surface area contributed by atoms with E-state index >= 15 is 0 Å². The van der Waals surface area contributed by atoms with Crippen LogP contribution < -0.4 is 0 Å². The van der Waals surface area contributed by atoms with Crippen molar-refractivity contribution in [1.82, 2.24) is 25.1 Å². The number of aromatic nitrogens is 5. The van der Waals surface area contributed by atoms with E-state index in [1.807, 2.05) is 49.5 Å². The van der Waals surface area contributed by atoms with Crippen LogP contribution in [-0.2, 0) is 13.5 Å². The summed E-state index contributed by atoms with van der Waals surface area (Å²) in [5, 5.41) is 12.1. The zero-order chi connectivity index (χ0) is 15.8. The molecule has 0 aliphatic rings. The molecule has 4 aromatic rings. The fourth-order valence-electron chi connectivity index (χ4n) is 2.42. The highest BCUT2D eigenvalue weighted by molar-refractivity contribution is 9.10. The van der Waals surface area contributed by atoms with Crippen LogP contribution >= 0.6 is 15.9 Å². The van der Waals surface area contributed by atoms with Gasteiger partial charge in [0.1, 0.15) is 5.52 Å². The Labute approximate surface area is 140 Å². The number of fused-ring (bicyclic) bond motifs is 1. The lowest BCUT2D eigenvalue weighted by Gasteiger charge is -1.99. The van der Waals surface area contributed by atoms with Crippen molar-refractivity contribution in [3.8, 4) is 11.4 Å². The summed E-state index contributed by atoms with van der Waals surface area (Å²) in [7, 11) is 1.85. The molecule has 23 heavy (non-hydrogen) atoms. The maximum atomic E-state index is 5.38. The summed E-state index contributed by atoms with van der Waals surface area (Å²) in [5.74, 6) is 1.14. The SMILES string of the molecule is Cn1nnc2ccc(-c3noc(Cc4ccccc4Br)n3)cc21. The summed E-state index contributed by atoms with van der Waals surface area (Å²) in [6, 6.07) is 13.8. The van der Waals surface area contributed by atoms with E-state index in [4.69, 9.17) is 4.52 Å². The first-order valence-corrected chi connectivity index (χ1v) is 7.86. The Bertz CT molecular complexity index is 991. The zero-order valence-corrected chi connectivity index (χ0v) is 13.9. The van der Waals surface area contributed by atoms with Gasteiger partial charge in [-0.1, -0.05) is 44.5 Å². The standard InChI is InChI=1S/C16H12BrN5O/c1-22-14-8-11(6-7-13(14)19-21-22)16-18-15(23-20-16)9-10-4-2-3-5-12(10)17/h2-8H,9H2,1H3. The number of hydrogen-bond donors (Lipinski definition) is 0. The van der Waals surface area contributed by atoms with Gasteiger partial charge in [-0.25, -0.2) is 4.68 Å². The lowest BCUT2D eigenvalue weighted by Crippen LogP contribution is -1.91. The van der Waals surface area contributed by atoms with Crippen molar-refractivity contribution >= 4 is 27.0 Å². The molecule has 0 unspecified atom stereocenters. The molecule has 0 saturated heterocycles. The summed E-state index contributed by atoms with van der Waals surface area (Å²) in [6.07, 6.45) is 0.587. The number of nitrogens with zero attached hydrogens (tertiary/aromatic N) is 5. The Morgan fingerprint density at radius 3 is 2.91 bits per heavy atom. The first-order valence-electron chi connectivity index (χ1n) is 7.06. The van der Waals surface area contributed by atoms with Crippen molar-refractivity contribution in [3.05, 3.63) is 58.4 Å². The van der Waals surface area contributed by atoms with Gasteiger partial charge in [-0.3, -0.25) is 0 Å². The monoisotopic (exact) mass is 369 g/mol. The topological polar surface area (TPSA) is 69.6 Å².